The largest absolute Gasteiger partial charge is 0.477 e. The third-order valence-corrected chi connectivity index (χ3v) is 4.68. The van der Waals surface area contributed by atoms with E-state index in [1.807, 2.05) is 13.8 Å². The summed E-state index contributed by atoms with van der Waals surface area (Å²) < 4.78 is 29.2. The fraction of sp³-hybridized carbons (Fsp3) is 0.667. The van der Waals surface area contributed by atoms with Gasteiger partial charge in [0, 0.05) is 6.54 Å². The van der Waals surface area contributed by atoms with Crippen LogP contribution in [-0.2, 0) is 15.7 Å². The number of aromatic nitrogens is 2. The average Bonchev–Trinajstić information content (AvgIpc) is 2.81. The molecule has 1 aromatic heterocycles. The van der Waals surface area contributed by atoms with Crippen LogP contribution in [0.4, 0.5) is 0 Å². The zero-order valence-electron chi connectivity index (χ0n) is 12.0. The van der Waals surface area contributed by atoms with Gasteiger partial charge in [0.15, 0.2) is 0 Å². The molecule has 0 atom stereocenters. The number of carboxylic acid groups (broad SMARTS) is 1. The fourth-order valence-electron chi connectivity index (χ4n) is 2.16. The molecule has 0 amide bonds. The molecule has 8 nitrogen and oxygen atoms in total. The van der Waals surface area contributed by atoms with Gasteiger partial charge in [-0.25, -0.2) is 14.5 Å². The third kappa shape index (κ3) is 3.60. The summed E-state index contributed by atoms with van der Waals surface area (Å²) in [4.78, 5) is 17.6. The molecule has 1 heterocycles. The zero-order valence-corrected chi connectivity index (χ0v) is 12.8. The van der Waals surface area contributed by atoms with E-state index in [1.165, 1.54) is 6.20 Å². The second-order valence-electron chi connectivity index (χ2n) is 5.73. The lowest BCUT2D eigenvalue weighted by molar-refractivity contribution is 0.0690. The second-order valence-corrected chi connectivity index (χ2v) is 7.23. The fourth-order valence-corrected chi connectivity index (χ4v) is 3.60. The molecule has 1 saturated carbocycles. The normalized spacial score (nSPS) is 17.7. The molecule has 0 unspecified atom stereocenters. The summed E-state index contributed by atoms with van der Waals surface area (Å²) in [6, 6.07) is 0. The molecule has 0 aromatic carbocycles. The van der Waals surface area contributed by atoms with E-state index in [4.69, 9.17) is 5.11 Å². The number of hydrogen-bond donors (Lipinski definition) is 4. The maximum absolute atomic E-state index is 12.1. The molecule has 0 aliphatic heterocycles. The highest BCUT2D eigenvalue weighted by Gasteiger charge is 2.44. The first-order valence-electron chi connectivity index (χ1n) is 6.81. The third-order valence-electron chi connectivity index (χ3n) is 3.48. The van der Waals surface area contributed by atoms with Gasteiger partial charge in [-0.1, -0.05) is 13.8 Å². The van der Waals surface area contributed by atoms with Gasteiger partial charge in [0.25, 0.3) is 10.2 Å². The van der Waals surface area contributed by atoms with Crippen LogP contribution in [0, 0.1) is 5.92 Å². The first kappa shape index (κ1) is 15.9. The van der Waals surface area contributed by atoms with Crippen molar-refractivity contribution in [3.8, 4) is 0 Å². The van der Waals surface area contributed by atoms with Crippen LogP contribution in [-0.4, -0.2) is 36.0 Å². The van der Waals surface area contributed by atoms with Crippen molar-refractivity contribution < 1.29 is 18.3 Å². The van der Waals surface area contributed by atoms with Crippen molar-refractivity contribution in [3.05, 3.63) is 17.7 Å². The summed E-state index contributed by atoms with van der Waals surface area (Å²) in [5, 5.41) is 8.91. The molecule has 1 aromatic rings. The molecule has 0 bridgehead atoms. The minimum absolute atomic E-state index is 0.0504. The predicted octanol–water partition coefficient (Wildman–Crippen LogP) is 0.567. The van der Waals surface area contributed by atoms with Crippen molar-refractivity contribution in [2.75, 3.05) is 6.54 Å². The SMILES string of the molecule is CC(C)CNS(=O)(=O)NC1(c2ncc(C(=O)O)[nH]2)CCC1. The number of rotatable bonds is 7. The number of carbonyl (C=O) groups is 1. The van der Waals surface area contributed by atoms with Crippen LogP contribution in [0.15, 0.2) is 6.20 Å². The summed E-state index contributed by atoms with van der Waals surface area (Å²) in [7, 11) is -3.66. The molecule has 9 heteroatoms. The Morgan fingerprint density at radius 3 is 2.62 bits per heavy atom. The molecule has 0 spiro atoms. The molecule has 1 fully saturated rings. The van der Waals surface area contributed by atoms with Crippen LogP contribution in [0.2, 0.25) is 0 Å². The molecular formula is C12H20N4O4S. The Balaban J connectivity index is 2.16. The summed E-state index contributed by atoms with van der Waals surface area (Å²) in [5.41, 5.74) is -0.887. The van der Waals surface area contributed by atoms with E-state index in [9.17, 15) is 13.2 Å². The molecule has 0 saturated heterocycles. The van der Waals surface area contributed by atoms with E-state index in [0.717, 1.165) is 6.42 Å². The average molecular weight is 316 g/mol. The van der Waals surface area contributed by atoms with Crippen LogP contribution in [0.3, 0.4) is 0 Å². The van der Waals surface area contributed by atoms with Gasteiger partial charge < -0.3 is 10.1 Å². The van der Waals surface area contributed by atoms with E-state index in [1.54, 1.807) is 0 Å². The topological polar surface area (TPSA) is 124 Å². The highest BCUT2D eigenvalue weighted by atomic mass is 32.2. The molecule has 2 rings (SSSR count). The number of hydrogen-bond acceptors (Lipinski definition) is 4. The standard InChI is InChI=1S/C12H20N4O4S/c1-8(2)6-14-21(19,20)16-12(4-3-5-12)11-13-7-9(15-11)10(17)18/h7-8,14,16H,3-6H2,1-2H3,(H,13,15)(H,17,18). The number of aromatic amines is 1. The maximum atomic E-state index is 12.1. The lowest BCUT2D eigenvalue weighted by atomic mass is 9.77. The van der Waals surface area contributed by atoms with Gasteiger partial charge in [-0.15, -0.1) is 0 Å². The zero-order chi connectivity index (χ0) is 15.7. The number of nitrogens with one attached hydrogen (secondary N) is 3. The van der Waals surface area contributed by atoms with Crippen molar-refractivity contribution in [2.45, 2.75) is 38.6 Å². The number of imidazole rings is 1. The van der Waals surface area contributed by atoms with Gasteiger partial charge in [-0.05, 0) is 25.2 Å². The van der Waals surface area contributed by atoms with E-state index in [2.05, 4.69) is 19.4 Å². The number of H-pyrrole nitrogens is 1. The Bertz CT molecular complexity index is 619. The van der Waals surface area contributed by atoms with Gasteiger partial charge in [0.1, 0.15) is 11.5 Å². The number of nitrogens with zero attached hydrogens (tertiary/aromatic N) is 1. The highest BCUT2D eigenvalue weighted by molar-refractivity contribution is 7.87. The maximum Gasteiger partial charge on any atom is 0.353 e. The highest BCUT2D eigenvalue weighted by Crippen LogP contribution is 2.40. The Morgan fingerprint density at radius 2 is 2.19 bits per heavy atom. The second kappa shape index (κ2) is 5.74. The molecule has 0 radical (unpaired) electrons. The first-order chi connectivity index (χ1) is 9.74. The van der Waals surface area contributed by atoms with Crippen LogP contribution in [0.5, 0.6) is 0 Å². The monoisotopic (exact) mass is 316 g/mol. The Hall–Kier alpha value is -1.45. The van der Waals surface area contributed by atoms with Crippen LogP contribution in [0.25, 0.3) is 0 Å². The predicted molar refractivity (Wildman–Crippen MR) is 76.0 cm³/mol. The van der Waals surface area contributed by atoms with Crippen LogP contribution < -0.4 is 9.44 Å². The van der Waals surface area contributed by atoms with Crippen LogP contribution in [0.1, 0.15) is 49.4 Å². The number of carboxylic acids is 1. The Kier molecular flexibility index (Phi) is 4.35. The van der Waals surface area contributed by atoms with Crippen molar-refractivity contribution in [1.82, 2.24) is 19.4 Å². The summed E-state index contributed by atoms with van der Waals surface area (Å²) in [6.45, 7) is 4.16. The van der Waals surface area contributed by atoms with Crippen molar-refractivity contribution in [3.63, 3.8) is 0 Å². The minimum Gasteiger partial charge on any atom is -0.477 e. The summed E-state index contributed by atoms with van der Waals surface area (Å²) in [5.74, 6) is -0.578. The lowest BCUT2D eigenvalue weighted by Gasteiger charge is -2.40. The lowest BCUT2D eigenvalue weighted by Crippen LogP contribution is -2.55. The van der Waals surface area contributed by atoms with Gasteiger partial charge >= 0.3 is 5.97 Å². The molecule has 21 heavy (non-hydrogen) atoms. The van der Waals surface area contributed by atoms with Gasteiger partial charge in [0.2, 0.25) is 0 Å². The molecular weight excluding hydrogens is 296 g/mol. The van der Waals surface area contributed by atoms with E-state index in [-0.39, 0.29) is 11.6 Å². The smallest absolute Gasteiger partial charge is 0.353 e. The van der Waals surface area contributed by atoms with Gasteiger partial charge in [0.05, 0.1) is 11.7 Å². The van der Waals surface area contributed by atoms with Crippen molar-refractivity contribution in [1.29, 1.82) is 0 Å². The van der Waals surface area contributed by atoms with Crippen LogP contribution >= 0.6 is 0 Å². The van der Waals surface area contributed by atoms with Crippen molar-refractivity contribution >= 4 is 16.2 Å². The van der Waals surface area contributed by atoms with E-state index < -0.39 is 21.7 Å². The van der Waals surface area contributed by atoms with E-state index in [0.29, 0.717) is 25.2 Å². The Labute approximate surface area is 123 Å². The van der Waals surface area contributed by atoms with Crippen molar-refractivity contribution in [2.24, 2.45) is 5.92 Å². The minimum atomic E-state index is -3.66. The number of aromatic carboxylic acids is 1. The Morgan fingerprint density at radius 1 is 1.52 bits per heavy atom. The summed E-state index contributed by atoms with van der Waals surface area (Å²) >= 11 is 0. The molecule has 4 N–H and O–H groups in total. The molecule has 1 aliphatic rings. The van der Waals surface area contributed by atoms with Gasteiger partial charge in [-0.3, -0.25) is 0 Å². The first-order valence-corrected chi connectivity index (χ1v) is 8.30. The van der Waals surface area contributed by atoms with E-state index >= 15 is 0 Å². The van der Waals surface area contributed by atoms with Gasteiger partial charge in [-0.2, -0.15) is 13.1 Å². The molecule has 118 valence electrons. The quantitative estimate of drug-likeness (QED) is 0.585. The summed E-state index contributed by atoms with van der Waals surface area (Å²) in [6.07, 6.45) is 3.23. The molecule has 1 aliphatic carbocycles.